The SMILES string of the molecule is CC1(C)CN(C(=O)c2c[nH]cc2-c2ccc3c(c2)OCCO3)CCC1N.Cl. The van der Waals surface area contributed by atoms with Crippen molar-refractivity contribution in [2.24, 2.45) is 11.1 Å². The van der Waals surface area contributed by atoms with Crippen LogP contribution in [-0.2, 0) is 0 Å². The topological polar surface area (TPSA) is 80.6 Å². The molecule has 4 rings (SSSR count). The Morgan fingerprint density at radius 1 is 1.22 bits per heavy atom. The van der Waals surface area contributed by atoms with E-state index in [9.17, 15) is 4.79 Å². The van der Waals surface area contributed by atoms with E-state index in [1.165, 1.54) is 0 Å². The van der Waals surface area contributed by atoms with Crippen LogP contribution in [0.3, 0.4) is 0 Å². The van der Waals surface area contributed by atoms with Crippen LogP contribution in [0.15, 0.2) is 30.6 Å². The Bertz CT molecular complexity index is 834. The number of benzene rings is 1. The van der Waals surface area contributed by atoms with Gasteiger partial charge in [0.2, 0.25) is 0 Å². The number of likely N-dealkylation sites (tertiary alicyclic amines) is 1. The number of piperidine rings is 1. The highest BCUT2D eigenvalue weighted by Crippen LogP contribution is 2.36. The van der Waals surface area contributed by atoms with Gasteiger partial charge in [-0.05, 0) is 29.5 Å². The summed E-state index contributed by atoms with van der Waals surface area (Å²) in [5, 5.41) is 0. The van der Waals surface area contributed by atoms with Gasteiger partial charge in [0, 0.05) is 37.1 Å². The lowest BCUT2D eigenvalue weighted by Crippen LogP contribution is -2.54. The van der Waals surface area contributed by atoms with Crippen LogP contribution in [0.5, 0.6) is 11.5 Å². The number of aromatic amines is 1. The zero-order valence-electron chi connectivity index (χ0n) is 15.7. The Morgan fingerprint density at radius 2 is 1.96 bits per heavy atom. The summed E-state index contributed by atoms with van der Waals surface area (Å²) in [6, 6.07) is 5.91. The molecular weight excluding hydrogens is 366 g/mol. The van der Waals surface area contributed by atoms with E-state index in [1.54, 1.807) is 6.20 Å². The summed E-state index contributed by atoms with van der Waals surface area (Å²) in [6.07, 6.45) is 4.46. The molecule has 3 N–H and O–H groups in total. The smallest absolute Gasteiger partial charge is 0.256 e. The van der Waals surface area contributed by atoms with Crippen LogP contribution >= 0.6 is 12.4 Å². The van der Waals surface area contributed by atoms with E-state index in [4.69, 9.17) is 15.2 Å². The number of halogens is 1. The first-order valence-corrected chi connectivity index (χ1v) is 9.07. The molecule has 7 heteroatoms. The maximum absolute atomic E-state index is 13.1. The average Bonchev–Trinajstić information content (AvgIpc) is 3.12. The first-order valence-electron chi connectivity index (χ1n) is 9.07. The molecule has 1 fully saturated rings. The Balaban J connectivity index is 0.00000210. The Labute approximate surface area is 165 Å². The molecule has 3 heterocycles. The standard InChI is InChI=1S/C20H25N3O3.ClH/c1-20(2)12-23(6-5-18(20)21)19(24)15-11-22-10-14(15)13-3-4-16-17(9-13)26-8-7-25-16;/h3-4,9-11,18,22H,5-8,12,21H2,1-2H3;1H. The normalized spacial score (nSPS) is 20.7. The number of ether oxygens (including phenoxy) is 2. The fraction of sp³-hybridized carbons (Fsp3) is 0.450. The fourth-order valence-electron chi connectivity index (χ4n) is 3.71. The molecule has 146 valence electrons. The number of aromatic nitrogens is 1. The fourth-order valence-corrected chi connectivity index (χ4v) is 3.71. The number of nitrogens with zero attached hydrogens (tertiary/aromatic N) is 1. The van der Waals surface area contributed by atoms with Crippen molar-refractivity contribution in [1.29, 1.82) is 0 Å². The minimum Gasteiger partial charge on any atom is -0.486 e. The molecule has 1 amide bonds. The number of hydrogen-bond acceptors (Lipinski definition) is 4. The minimum absolute atomic E-state index is 0. The Kier molecular flexibility index (Phi) is 5.40. The summed E-state index contributed by atoms with van der Waals surface area (Å²) < 4.78 is 11.3. The van der Waals surface area contributed by atoms with Crippen molar-refractivity contribution in [3.05, 3.63) is 36.2 Å². The van der Waals surface area contributed by atoms with Gasteiger partial charge in [-0.2, -0.15) is 0 Å². The second-order valence-corrected chi connectivity index (χ2v) is 7.75. The van der Waals surface area contributed by atoms with Gasteiger partial charge in [0.05, 0.1) is 5.56 Å². The molecule has 1 aromatic carbocycles. The maximum atomic E-state index is 13.1. The predicted octanol–water partition coefficient (Wildman–Crippen LogP) is 3.07. The quantitative estimate of drug-likeness (QED) is 0.824. The van der Waals surface area contributed by atoms with Gasteiger partial charge in [-0.1, -0.05) is 19.9 Å². The predicted molar refractivity (Wildman–Crippen MR) is 107 cm³/mol. The van der Waals surface area contributed by atoms with Crippen LogP contribution in [0.4, 0.5) is 0 Å². The largest absolute Gasteiger partial charge is 0.486 e. The zero-order chi connectivity index (χ0) is 18.3. The molecule has 2 aliphatic heterocycles. The van der Waals surface area contributed by atoms with Gasteiger partial charge in [0.1, 0.15) is 13.2 Å². The molecule has 1 unspecified atom stereocenters. The molecular formula is C20H26ClN3O3. The molecule has 0 spiro atoms. The monoisotopic (exact) mass is 391 g/mol. The van der Waals surface area contributed by atoms with Crippen LogP contribution < -0.4 is 15.2 Å². The molecule has 1 saturated heterocycles. The van der Waals surface area contributed by atoms with E-state index >= 15 is 0 Å². The van der Waals surface area contributed by atoms with Crippen molar-refractivity contribution in [3.8, 4) is 22.6 Å². The summed E-state index contributed by atoms with van der Waals surface area (Å²) in [5.41, 5.74) is 8.61. The van der Waals surface area contributed by atoms with E-state index in [0.717, 1.165) is 29.0 Å². The van der Waals surface area contributed by atoms with Crippen molar-refractivity contribution in [1.82, 2.24) is 9.88 Å². The van der Waals surface area contributed by atoms with E-state index in [1.807, 2.05) is 29.3 Å². The summed E-state index contributed by atoms with van der Waals surface area (Å²) in [6.45, 7) is 6.70. The van der Waals surface area contributed by atoms with Gasteiger partial charge in [-0.3, -0.25) is 4.79 Å². The van der Waals surface area contributed by atoms with Crippen LogP contribution in [0, 0.1) is 5.41 Å². The molecule has 1 atom stereocenters. The second kappa shape index (κ2) is 7.44. The number of nitrogens with one attached hydrogen (secondary N) is 1. The van der Waals surface area contributed by atoms with Crippen LogP contribution in [-0.4, -0.2) is 48.1 Å². The summed E-state index contributed by atoms with van der Waals surface area (Å²) in [4.78, 5) is 18.1. The highest BCUT2D eigenvalue weighted by molar-refractivity contribution is 6.01. The lowest BCUT2D eigenvalue weighted by atomic mass is 9.79. The lowest BCUT2D eigenvalue weighted by Gasteiger charge is -2.42. The molecule has 0 saturated carbocycles. The number of amides is 1. The third-order valence-electron chi connectivity index (χ3n) is 5.43. The summed E-state index contributed by atoms with van der Waals surface area (Å²) in [7, 11) is 0. The lowest BCUT2D eigenvalue weighted by molar-refractivity contribution is 0.0534. The van der Waals surface area contributed by atoms with E-state index in [-0.39, 0.29) is 29.8 Å². The number of carbonyl (C=O) groups excluding carboxylic acids is 1. The van der Waals surface area contributed by atoms with E-state index in [0.29, 0.717) is 31.9 Å². The first kappa shape index (κ1) is 19.6. The number of rotatable bonds is 2. The Morgan fingerprint density at radius 3 is 2.70 bits per heavy atom. The minimum atomic E-state index is -0.0820. The van der Waals surface area contributed by atoms with Gasteiger partial charge >= 0.3 is 0 Å². The second-order valence-electron chi connectivity index (χ2n) is 7.75. The van der Waals surface area contributed by atoms with Crippen LogP contribution in [0.2, 0.25) is 0 Å². The van der Waals surface area contributed by atoms with Crippen LogP contribution in [0.25, 0.3) is 11.1 Å². The van der Waals surface area contributed by atoms with Crippen molar-refractivity contribution in [2.75, 3.05) is 26.3 Å². The molecule has 0 radical (unpaired) electrons. The third kappa shape index (κ3) is 3.64. The van der Waals surface area contributed by atoms with Gasteiger partial charge in [0.15, 0.2) is 11.5 Å². The van der Waals surface area contributed by atoms with Crippen molar-refractivity contribution in [2.45, 2.75) is 26.3 Å². The molecule has 2 aromatic rings. The number of H-pyrrole nitrogens is 1. The molecule has 6 nitrogen and oxygen atoms in total. The van der Waals surface area contributed by atoms with Gasteiger partial charge < -0.3 is 25.1 Å². The average molecular weight is 392 g/mol. The number of carbonyl (C=O) groups is 1. The molecule has 0 bridgehead atoms. The molecule has 27 heavy (non-hydrogen) atoms. The highest BCUT2D eigenvalue weighted by atomic mass is 35.5. The molecule has 2 aliphatic rings. The molecule has 1 aromatic heterocycles. The van der Waals surface area contributed by atoms with Crippen LogP contribution in [0.1, 0.15) is 30.6 Å². The van der Waals surface area contributed by atoms with E-state index < -0.39 is 0 Å². The van der Waals surface area contributed by atoms with Crippen molar-refractivity contribution in [3.63, 3.8) is 0 Å². The maximum Gasteiger partial charge on any atom is 0.256 e. The van der Waals surface area contributed by atoms with Crippen molar-refractivity contribution < 1.29 is 14.3 Å². The van der Waals surface area contributed by atoms with Crippen molar-refractivity contribution >= 4 is 18.3 Å². The Hall–Kier alpha value is -2.18. The first-order chi connectivity index (χ1) is 12.5. The number of nitrogens with two attached hydrogens (primary N) is 1. The van der Waals surface area contributed by atoms with Gasteiger partial charge in [0.25, 0.3) is 5.91 Å². The van der Waals surface area contributed by atoms with Gasteiger partial charge in [-0.25, -0.2) is 0 Å². The summed E-state index contributed by atoms with van der Waals surface area (Å²) in [5.74, 6) is 1.50. The van der Waals surface area contributed by atoms with E-state index in [2.05, 4.69) is 18.8 Å². The number of fused-ring (bicyclic) bond motifs is 1. The summed E-state index contributed by atoms with van der Waals surface area (Å²) >= 11 is 0. The molecule has 0 aliphatic carbocycles. The van der Waals surface area contributed by atoms with Gasteiger partial charge in [-0.15, -0.1) is 12.4 Å². The zero-order valence-corrected chi connectivity index (χ0v) is 16.5. The number of hydrogen-bond donors (Lipinski definition) is 2. The highest BCUT2D eigenvalue weighted by Gasteiger charge is 2.36. The third-order valence-corrected chi connectivity index (χ3v) is 5.43.